The van der Waals surface area contributed by atoms with Crippen molar-refractivity contribution in [1.82, 2.24) is 4.98 Å². The molecule has 12 heavy (non-hydrogen) atoms. The van der Waals surface area contributed by atoms with Crippen molar-refractivity contribution in [2.45, 2.75) is 13.8 Å². The number of hydrogen-bond acceptors (Lipinski definition) is 4. The molecule has 0 amide bonds. The highest BCUT2D eigenvalue weighted by Crippen LogP contribution is 1.99. The summed E-state index contributed by atoms with van der Waals surface area (Å²) in [4.78, 5) is 13.9. The van der Waals surface area contributed by atoms with E-state index in [-0.39, 0.29) is 0 Å². The molecule has 1 aromatic heterocycles. The van der Waals surface area contributed by atoms with E-state index in [1.165, 1.54) is 6.20 Å². The molecule has 0 aliphatic carbocycles. The molecule has 0 atom stereocenters. The number of nitrogens with two attached hydrogens (primary N) is 1. The van der Waals surface area contributed by atoms with Crippen LogP contribution in [0.25, 0.3) is 0 Å². The number of rotatable bonds is 2. The molecule has 0 saturated carbocycles. The number of aromatic nitrogens is 1. The van der Waals surface area contributed by atoms with Crippen molar-refractivity contribution in [3.63, 3.8) is 0 Å². The average molecular weight is 167 g/mol. The minimum absolute atomic E-state index is 0.541. The summed E-state index contributed by atoms with van der Waals surface area (Å²) in [7, 11) is 0. The van der Waals surface area contributed by atoms with Gasteiger partial charge in [-0.15, -0.1) is 0 Å². The number of nitrogens with one attached hydrogen (secondary N) is 1. The SMILES string of the molecule is CC.NNc1ccc(C=O)cn1. The van der Waals surface area contributed by atoms with Crippen molar-refractivity contribution < 1.29 is 4.79 Å². The second-order valence-electron chi connectivity index (χ2n) is 1.74. The molecule has 1 aromatic rings. The maximum atomic E-state index is 10.1. The third-order valence-corrected chi connectivity index (χ3v) is 1.07. The lowest BCUT2D eigenvalue weighted by Gasteiger charge is -1.95. The number of nitrogen functional groups attached to an aromatic ring is 1. The topological polar surface area (TPSA) is 68.0 Å². The van der Waals surface area contributed by atoms with Crippen LogP contribution < -0.4 is 11.3 Å². The summed E-state index contributed by atoms with van der Waals surface area (Å²) in [6.45, 7) is 4.00. The predicted octanol–water partition coefficient (Wildman–Crippen LogP) is 1.21. The number of hydrogen-bond donors (Lipinski definition) is 2. The Bertz CT molecular complexity index is 220. The number of carbonyl (C=O) groups excluding carboxylic acids is 1. The van der Waals surface area contributed by atoms with Gasteiger partial charge in [0.25, 0.3) is 0 Å². The van der Waals surface area contributed by atoms with Crippen LogP contribution in [-0.2, 0) is 0 Å². The first kappa shape index (κ1) is 10.6. The van der Waals surface area contributed by atoms with Crippen LogP contribution in [0, 0.1) is 0 Å². The Balaban J connectivity index is 0.000000561. The summed E-state index contributed by atoms with van der Waals surface area (Å²) >= 11 is 0. The Morgan fingerprint density at radius 2 is 2.17 bits per heavy atom. The van der Waals surface area contributed by atoms with E-state index >= 15 is 0 Å². The molecule has 4 nitrogen and oxygen atoms in total. The van der Waals surface area contributed by atoms with Gasteiger partial charge in [0.1, 0.15) is 5.82 Å². The molecule has 1 rings (SSSR count). The minimum Gasteiger partial charge on any atom is -0.308 e. The van der Waals surface area contributed by atoms with E-state index in [0.29, 0.717) is 11.4 Å². The van der Waals surface area contributed by atoms with Gasteiger partial charge in [0.2, 0.25) is 0 Å². The van der Waals surface area contributed by atoms with Crippen LogP contribution in [0.1, 0.15) is 24.2 Å². The Morgan fingerprint density at radius 1 is 1.50 bits per heavy atom. The van der Waals surface area contributed by atoms with Crippen molar-refractivity contribution in [2.24, 2.45) is 5.84 Å². The van der Waals surface area contributed by atoms with E-state index in [0.717, 1.165) is 6.29 Å². The molecule has 0 fully saturated rings. The van der Waals surface area contributed by atoms with Gasteiger partial charge in [-0.3, -0.25) is 4.79 Å². The molecule has 1 heterocycles. The second kappa shape index (κ2) is 6.30. The van der Waals surface area contributed by atoms with E-state index < -0.39 is 0 Å². The summed E-state index contributed by atoms with van der Waals surface area (Å²) in [5.41, 5.74) is 2.89. The molecule has 0 unspecified atom stereocenters. The zero-order valence-corrected chi connectivity index (χ0v) is 7.24. The highest BCUT2D eigenvalue weighted by molar-refractivity contribution is 5.74. The molecule has 0 saturated heterocycles. The normalized spacial score (nSPS) is 7.92. The number of hydrazine groups is 1. The molecule has 0 aromatic carbocycles. The van der Waals surface area contributed by atoms with E-state index in [1.807, 2.05) is 13.8 Å². The van der Waals surface area contributed by atoms with Crippen molar-refractivity contribution >= 4 is 12.1 Å². The first-order valence-corrected chi connectivity index (χ1v) is 3.74. The van der Waals surface area contributed by atoms with E-state index in [1.54, 1.807) is 12.1 Å². The highest BCUT2D eigenvalue weighted by atomic mass is 16.1. The molecule has 0 aliphatic heterocycles. The largest absolute Gasteiger partial charge is 0.308 e. The maximum Gasteiger partial charge on any atom is 0.151 e. The smallest absolute Gasteiger partial charge is 0.151 e. The molecular weight excluding hydrogens is 154 g/mol. The molecule has 3 N–H and O–H groups in total. The van der Waals surface area contributed by atoms with Gasteiger partial charge in [-0.1, -0.05) is 13.8 Å². The van der Waals surface area contributed by atoms with Crippen LogP contribution in [0.15, 0.2) is 18.3 Å². The fraction of sp³-hybridized carbons (Fsp3) is 0.250. The molecule has 0 radical (unpaired) electrons. The third-order valence-electron chi connectivity index (χ3n) is 1.07. The zero-order chi connectivity index (χ0) is 9.40. The lowest BCUT2D eigenvalue weighted by Crippen LogP contribution is -2.08. The van der Waals surface area contributed by atoms with Crippen molar-refractivity contribution in [3.05, 3.63) is 23.9 Å². The fourth-order valence-electron chi connectivity index (χ4n) is 0.560. The van der Waals surface area contributed by atoms with Gasteiger partial charge in [-0.05, 0) is 12.1 Å². The second-order valence-corrected chi connectivity index (χ2v) is 1.74. The highest BCUT2D eigenvalue weighted by Gasteiger charge is 1.89. The summed E-state index contributed by atoms with van der Waals surface area (Å²) in [5.74, 6) is 5.59. The standard InChI is InChI=1S/C6H7N3O.C2H6/c7-9-6-2-1-5(4-10)3-8-6;1-2/h1-4H,7H2,(H,8,9);1-2H3. The first-order chi connectivity index (χ1) is 5.86. The van der Waals surface area contributed by atoms with Gasteiger partial charge in [-0.2, -0.15) is 0 Å². The lowest BCUT2D eigenvalue weighted by molar-refractivity contribution is 0.112. The number of nitrogens with zero attached hydrogens (tertiary/aromatic N) is 1. The number of carbonyl (C=O) groups is 1. The van der Waals surface area contributed by atoms with Crippen LogP contribution >= 0.6 is 0 Å². The Hall–Kier alpha value is -1.42. The van der Waals surface area contributed by atoms with Crippen LogP contribution in [-0.4, -0.2) is 11.3 Å². The van der Waals surface area contributed by atoms with Crippen LogP contribution in [0.2, 0.25) is 0 Å². The van der Waals surface area contributed by atoms with Gasteiger partial charge in [0.15, 0.2) is 6.29 Å². The van der Waals surface area contributed by atoms with Crippen molar-refractivity contribution in [3.8, 4) is 0 Å². The average Bonchev–Trinajstić information content (AvgIpc) is 2.21. The Labute approximate surface area is 71.8 Å². The number of aldehydes is 1. The first-order valence-electron chi connectivity index (χ1n) is 3.74. The van der Waals surface area contributed by atoms with Crippen molar-refractivity contribution in [2.75, 3.05) is 5.43 Å². The molecule has 0 aliphatic rings. The van der Waals surface area contributed by atoms with Gasteiger partial charge in [0, 0.05) is 11.8 Å². The van der Waals surface area contributed by atoms with E-state index in [2.05, 4.69) is 10.4 Å². The number of pyridine rings is 1. The van der Waals surface area contributed by atoms with Crippen LogP contribution in [0.5, 0.6) is 0 Å². The van der Waals surface area contributed by atoms with Gasteiger partial charge in [0.05, 0.1) is 0 Å². The van der Waals surface area contributed by atoms with Crippen LogP contribution in [0.3, 0.4) is 0 Å². The Morgan fingerprint density at radius 3 is 2.50 bits per heavy atom. The quantitative estimate of drug-likeness (QED) is 0.394. The molecule has 66 valence electrons. The minimum atomic E-state index is 0.541. The van der Waals surface area contributed by atoms with Gasteiger partial charge >= 0.3 is 0 Å². The Kier molecular flexibility index (Phi) is 5.55. The maximum absolute atomic E-state index is 10.1. The molecule has 0 bridgehead atoms. The van der Waals surface area contributed by atoms with Crippen molar-refractivity contribution in [1.29, 1.82) is 0 Å². The predicted molar refractivity (Wildman–Crippen MR) is 48.8 cm³/mol. The molecule has 4 heteroatoms. The summed E-state index contributed by atoms with van der Waals surface area (Å²) in [5, 5.41) is 0. The van der Waals surface area contributed by atoms with Gasteiger partial charge in [-0.25, -0.2) is 10.8 Å². The third kappa shape index (κ3) is 3.12. The van der Waals surface area contributed by atoms with Gasteiger partial charge < -0.3 is 5.43 Å². The number of anilines is 1. The van der Waals surface area contributed by atoms with E-state index in [9.17, 15) is 4.79 Å². The monoisotopic (exact) mass is 167 g/mol. The summed E-state index contributed by atoms with van der Waals surface area (Å²) in [6, 6.07) is 3.26. The van der Waals surface area contributed by atoms with E-state index in [4.69, 9.17) is 5.84 Å². The fourth-order valence-corrected chi connectivity index (χ4v) is 0.560. The lowest BCUT2D eigenvalue weighted by atomic mass is 10.3. The van der Waals surface area contributed by atoms with Crippen LogP contribution in [0.4, 0.5) is 5.82 Å². The summed E-state index contributed by atoms with van der Waals surface area (Å²) in [6.07, 6.45) is 2.18. The zero-order valence-electron chi connectivity index (χ0n) is 7.24. The summed E-state index contributed by atoms with van der Waals surface area (Å²) < 4.78 is 0. The molecular formula is C8H13N3O. The molecule has 0 spiro atoms.